The summed E-state index contributed by atoms with van der Waals surface area (Å²) in [6.45, 7) is 0. The standard InChI is InChI=1S/C12H8INO2/c13-10-4-1-5-11(7-10)16-12-9(8-15)3-2-6-14-12/h1-8H. The molecule has 0 spiro atoms. The Hall–Kier alpha value is -1.43. The van der Waals surface area contributed by atoms with Crippen LogP contribution in [0.25, 0.3) is 0 Å². The van der Waals surface area contributed by atoms with Gasteiger partial charge in [0.25, 0.3) is 0 Å². The lowest BCUT2D eigenvalue weighted by Crippen LogP contribution is -1.93. The van der Waals surface area contributed by atoms with Gasteiger partial charge in [0, 0.05) is 9.77 Å². The monoisotopic (exact) mass is 325 g/mol. The summed E-state index contributed by atoms with van der Waals surface area (Å²) in [4.78, 5) is 14.8. The van der Waals surface area contributed by atoms with Crippen LogP contribution in [-0.2, 0) is 0 Å². The predicted octanol–water partition coefficient (Wildman–Crippen LogP) is 3.29. The van der Waals surface area contributed by atoms with Gasteiger partial charge in [-0.3, -0.25) is 4.79 Å². The molecule has 0 fully saturated rings. The average Bonchev–Trinajstić information content (AvgIpc) is 2.30. The molecule has 0 atom stereocenters. The van der Waals surface area contributed by atoms with Crippen molar-refractivity contribution in [2.24, 2.45) is 0 Å². The van der Waals surface area contributed by atoms with Crippen LogP contribution in [0.1, 0.15) is 10.4 Å². The van der Waals surface area contributed by atoms with Crippen molar-refractivity contribution in [2.75, 3.05) is 0 Å². The molecular formula is C12H8INO2. The van der Waals surface area contributed by atoms with E-state index < -0.39 is 0 Å². The van der Waals surface area contributed by atoms with Crippen molar-refractivity contribution in [2.45, 2.75) is 0 Å². The van der Waals surface area contributed by atoms with E-state index in [9.17, 15) is 4.79 Å². The molecule has 1 heterocycles. The minimum absolute atomic E-state index is 0.333. The van der Waals surface area contributed by atoms with E-state index in [0.717, 1.165) is 9.86 Å². The molecule has 1 aromatic heterocycles. The zero-order valence-corrected chi connectivity index (χ0v) is 10.4. The highest BCUT2D eigenvalue weighted by Crippen LogP contribution is 2.23. The fourth-order valence-corrected chi connectivity index (χ4v) is 1.73. The summed E-state index contributed by atoms with van der Waals surface area (Å²) in [5.74, 6) is 1.01. The number of carbonyl (C=O) groups is 1. The Labute approximate surface area is 107 Å². The zero-order valence-electron chi connectivity index (χ0n) is 8.26. The minimum atomic E-state index is 0.333. The molecule has 3 nitrogen and oxygen atoms in total. The van der Waals surface area contributed by atoms with Gasteiger partial charge < -0.3 is 4.74 Å². The molecular weight excluding hydrogens is 317 g/mol. The maximum absolute atomic E-state index is 10.8. The number of carbonyl (C=O) groups excluding carboxylic acids is 1. The number of hydrogen-bond donors (Lipinski definition) is 0. The molecule has 0 saturated heterocycles. The molecule has 0 N–H and O–H groups in total. The normalized spacial score (nSPS) is 9.81. The van der Waals surface area contributed by atoms with Crippen molar-refractivity contribution in [3.8, 4) is 11.6 Å². The molecule has 0 unspecified atom stereocenters. The van der Waals surface area contributed by atoms with Crippen LogP contribution < -0.4 is 4.74 Å². The van der Waals surface area contributed by atoms with Gasteiger partial charge in [0.15, 0.2) is 6.29 Å². The van der Waals surface area contributed by atoms with Crippen LogP contribution in [0.3, 0.4) is 0 Å². The highest BCUT2D eigenvalue weighted by Gasteiger charge is 2.04. The first-order chi connectivity index (χ1) is 7.79. The van der Waals surface area contributed by atoms with Crippen LogP contribution in [0, 0.1) is 3.57 Å². The number of ether oxygens (including phenoxy) is 1. The highest BCUT2D eigenvalue weighted by molar-refractivity contribution is 14.1. The molecule has 0 amide bonds. The third-order valence-electron chi connectivity index (χ3n) is 1.94. The van der Waals surface area contributed by atoms with E-state index in [1.807, 2.05) is 24.3 Å². The summed E-state index contributed by atoms with van der Waals surface area (Å²) in [5, 5.41) is 0. The first-order valence-corrected chi connectivity index (χ1v) is 5.71. The second-order valence-electron chi connectivity index (χ2n) is 3.08. The van der Waals surface area contributed by atoms with Crippen molar-refractivity contribution < 1.29 is 9.53 Å². The van der Waals surface area contributed by atoms with Crippen LogP contribution in [0.15, 0.2) is 42.6 Å². The second-order valence-corrected chi connectivity index (χ2v) is 4.32. The molecule has 0 aliphatic carbocycles. The molecule has 1 aromatic carbocycles. The maximum atomic E-state index is 10.8. The van der Waals surface area contributed by atoms with Gasteiger partial charge in [0.1, 0.15) is 5.75 Å². The summed E-state index contributed by atoms with van der Waals surface area (Å²) < 4.78 is 6.60. The minimum Gasteiger partial charge on any atom is -0.438 e. The van der Waals surface area contributed by atoms with E-state index in [0.29, 0.717) is 17.2 Å². The van der Waals surface area contributed by atoms with Gasteiger partial charge in [-0.2, -0.15) is 0 Å². The summed E-state index contributed by atoms with van der Waals surface area (Å²) in [7, 11) is 0. The lowest BCUT2D eigenvalue weighted by atomic mass is 10.3. The third kappa shape index (κ3) is 2.57. The van der Waals surface area contributed by atoms with Gasteiger partial charge in [-0.15, -0.1) is 0 Å². The van der Waals surface area contributed by atoms with Crippen molar-refractivity contribution in [3.63, 3.8) is 0 Å². The summed E-state index contributed by atoms with van der Waals surface area (Å²) in [5.41, 5.74) is 0.446. The number of nitrogens with zero attached hydrogens (tertiary/aromatic N) is 1. The van der Waals surface area contributed by atoms with Crippen molar-refractivity contribution in [3.05, 3.63) is 51.7 Å². The van der Waals surface area contributed by atoms with Gasteiger partial charge in [-0.1, -0.05) is 6.07 Å². The van der Waals surface area contributed by atoms with Gasteiger partial charge in [-0.25, -0.2) is 4.98 Å². The van der Waals surface area contributed by atoms with Gasteiger partial charge in [0.2, 0.25) is 5.88 Å². The Morgan fingerprint density at radius 3 is 2.88 bits per heavy atom. The topological polar surface area (TPSA) is 39.2 Å². The van der Waals surface area contributed by atoms with Crippen molar-refractivity contribution >= 4 is 28.9 Å². The SMILES string of the molecule is O=Cc1cccnc1Oc1cccc(I)c1. The number of aromatic nitrogens is 1. The highest BCUT2D eigenvalue weighted by atomic mass is 127. The van der Waals surface area contributed by atoms with Gasteiger partial charge in [0.05, 0.1) is 5.56 Å². The quantitative estimate of drug-likeness (QED) is 0.642. The number of aldehydes is 1. The number of benzene rings is 1. The van der Waals surface area contributed by atoms with Crippen molar-refractivity contribution in [1.29, 1.82) is 0 Å². The number of halogens is 1. The number of hydrogen-bond acceptors (Lipinski definition) is 3. The van der Waals surface area contributed by atoms with Crippen molar-refractivity contribution in [1.82, 2.24) is 4.98 Å². The average molecular weight is 325 g/mol. The van der Waals surface area contributed by atoms with Crippen LogP contribution in [0.5, 0.6) is 11.6 Å². The van der Waals surface area contributed by atoms with Crippen LogP contribution >= 0.6 is 22.6 Å². The van der Waals surface area contributed by atoms with Crippen LogP contribution in [0.4, 0.5) is 0 Å². The zero-order chi connectivity index (χ0) is 11.4. The smallest absolute Gasteiger partial charge is 0.229 e. The molecule has 0 radical (unpaired) electrons. The fourth-order valence-electron chi connectivity index (χ4n) is 1.22. The lowest BCUT2D eigenvalue weighted by Gasteiger charge is -2.06. The molecule has 16 heavy (non-hydrogen) atoms. The largest absolute Gasteiger partial charge is 0.438 e. The van der Waals surface area contributed by atoms with Gasteiger partial charge in [-0.05, 0) is 52.9 Å². The Morgan fingerprint density at radius 1 is 1.25 bits per heavy atom. The molecule has 0 aliphatic rings. The number of pyridine rings is 1. The summed E-state index contributed by atoms with van der Waals surface area (Å²) >= 11 is 2.20. The van der Waals surface area contributed by atoms with E-state index in [-0.39, 0.29) is 0 Å². The van der Waals surface area contributed by atoms with Crippen LogP contribution in [-0.4, -0.2) is 11.3 Å². The van der Waals surface area contributed by atoms with E-state index in [4.69, 9.17) is 4.74 Å². The Balaban J connectivity index is 2.30. The van der Waals surface area contributed by atoms with Crippen LogP contribution in [0.2, 0.25) is 0 Å². The first kappa shape index (κ1) is 11.1. The molecule has 2 rings (SSSR count). The first-order valence-electron chi connectivity index (χ1n) is 4.63. The Kier molecular flexibility index (Phi) is 3.51. The van der Waals surface area contributed by atoms with E-state index in [1.165, 1.54) is 0 Å². The number of rotatable bonds is 3. The molecule has 0 aliphatic heterocycles. The second kappa shape index (κ2) is 5.07. The molecule has 4 heteroatoms. The molecule has 0 saturated carbocycles. The maximum Gasteiger partial charge on any atom is 0.229 e. The molecule has 2 aromatic rings. The molecule has 80 valence electrons. The van der Waals surface area contributed by atoms with E-state index in [2.05, 4.69) is 27.6 Å². The third-order valence-corrected chi connectivity index (χ3v) is 2.61. The molecule has 0 bridgehead atoms. The summed E-state index contributed by atoms with van der Waals surface area (Å²) in [6, 6.07) is 10.9. The van der Waals surface area contributed by atoms with E-state index in [1.54, 1.807) is 18.3 Å². The van der Waals surface area contributed by atoms with Gasteiger partial charge >= 0.3 is 0 Å². The lowest BCUT2D eigenvalue weighted by molar-refractivity contribution is 0.112. The Bertz CT molecular complexity index is 514. The predicted molar refractivity (Wildman–Crippen MR) is 68.9 cm³/mol. The van der Waals surface area contributed by atoms with E-state index >= 15 is 0 Å². The fraction of sp³-hybridized carbons (Fsp3) is 0. The Morgan fingerprint density at radius 2 is 2.12 bits per heavy atom. The summed E-state index contributed by atoms with van der Waals surface area (Å²) in [6.07, 6.45) is 2.33.